The Kier molecular flexibility index (Phi) is 9.49. The summed E-state index contributed by atoms with van der Waals surface area (Å²) in [6, 6.07) is 0.836. The third-order valence-electron chi connectivity index (χ3n) is 4.69. The summed E-state index contributed by atoms with van der Waals surface area (Å²) < 4.78 is 0. The zero-order chi connectivity index (χ0) is 15.7. The maximum Gasteiger partial charge on any atom is 0.0110 e. The van der Waals surface area contributed by atoms with Crippen molar-refractivity contribution in [3.63, 3.8) is 0 Å². The van der Waals surface area contributed by atoms with Gasteiger partial charge in [-0.2, -0.15) is 0 Å². The molecule has 1 saturated carbocycles. The van der Waals surface area contributed by atoms with Gasteiger partial charge >= 0.3 is 0 Å². The van der Waals surface area contributed by atoms with Gasteiger partial charge in [0.2, 0.25) is 0 Å². The maximum atomic E-state index is 2.62. The first-order chi connectivity index (χ1) is 9.99. The minimum Gasteiger partial charge on any atom is -0.308 e. The fourth-order valence-corrected chi connectivity index (χ4v) is 3.02. The van der Waals surface area contributed by atoms with Crippen LogP contribution < -0.4 is 0 Å². The van der Waals surface area contributed by atoms with E-state index in [1.807, 2.05) is 0 Å². The van der Waals surface area contributed by atoms with Crippen LogP contribution in [0.25, 0.3) is 0 Å². The zero-order valence-electron chi connectivity index (χ0n) is 15.1. The van der Waals surface area contributed by atoms with Crippen molar-refractivity contribution in [2.75, 3.05) is 74.5 Å². The molecule has 0 atom stereocenters. The second-order valence-electron chi connectivity index (χ2n) is 7.22. The fraction of sp³-hybridized carbons (Fsp3) is 1.00. The first-order valence-electron chi connectivity index (χ1n) is 8.71. The lowest BCUT2D eigenvalue weighted by Gasteiger charge is -2.33. The van der Waals surface area contributed by atoms with Crippen molar-refractivity contribution < 1.29 is 0 Å². The molecular weight excluding hydrogens is 260 g/mol. The molecule has 0 aromatic carbocycles. The Labute approximate surface area is 133 Å². The van der Waals surface area contributed by atoms with Crippen LogP contribution in [0.4, 0.5) is 0 Å². The van der Waals surface area contributed by atoms with Crippen LogP contribution in [0.2, 0.25) is 0 Å². The molecule has 1 rings (SSSR count). The molecule has 4 nitrogen and oxygen atoms in total. The molecule has 1 aliphatic rings. The molecule has 0 aromatic rings. The molecule has 0 N–H and O–H groups in total. The summed E-state index contributed by atoms with van der Waals surface area (Å²) >= 11 is 0. The highest BCUT2D eigenvalue weighted by atomic mass is 15.2. The first-order valence-corrected chi connectivity index (χ1v) is 8.71. The Morgan fingerprint density at radius 3 is 1.57 bits per heavy atom. The smallest absolute Gasteiger partial charge is 0.0110 e. The molecule has 21 heavy (non-hydrogen) atoms. The number of likely N-dealkylation sites (N-methyl/N-ethyl adjacent to an activating group) is 3. The van der Waals surface area contributed by atoms with E-state index >= 15 is 0 Å². The lowest BCUT2D eigenvalue weighted by atomic mass is 9.94. The van der Waals surface area contributed by atoms with Crippen LogP contribution in [0, 0.1) is 0 Å². The average molecular weight is 299 g/mol. The molecule has 0 aromatic heterocycles. The van der Waals surface area contributed by atoms with Gasteiger partial charge in [-0.1, -0.05) is 19.3 Å². The normalized spacial score (nSPS) is 17.6. The second-order valence-corrected chi connectivity index (χ2v) is 7.22. The van der Waals surface area contributed by atoms with Gasteiger partial charge in [0.15, 0.2) is 0 Å². The van der Waals surface area contributed by atoms with Gasteiger partial charge in [0.25, 0.3) is 0 Å². The average Bonchev–Trinajstić information content (AvgIpc) is 2.46. The minimum atomic E-state index is 0.836. The lowest BCUT2D eigenvalue weighted by molar-refractivity contribution is 0.150. The predicted molar refractivity (Wildman–Crippen MR) is 93.1 cm³/mol. The monoisotopic (exact) mass is 298 g/mol. The molecule has 0 radical (unpaired) electrons. The van der Waals surface area contributed by atoms with Crippen molar-refractivity contribution in [2.24, 2.45) is 0 Å². The number of hydrogen-bond acceptors (Lipinski definition) is 4. The largest absolute Gasteiger partial charge is 0.308 e. The summed E-state index contributed by atoms with van der Waals surface area (Å²) in [6.45, 7) is 7.08. The highest BCUT2D eigenvalue weighted by Crippen LogP contribution is 2.21. The highest BCUT2D eigenvalue weighted by molar-refractivity contribution is 4.74. The van der Waals surface area contributed by atoms with Crippen molar-refractivity contribution in [3.8, 4) is 0 Å². The van der Waals surface area contributed by atoms with Crippen molar-refractivity contribution in [1.82, 2.24) is 19.6 Å². The molecule has 0 bridgehead atoms. The van der Waals surface area contributed by atoms with Crippen molar-refractivity contribution in [1.29, 1.82) is 0 Å². The van der Waals surface area contributed by atoms with Crippen LogP contribution >= 0.6 is 0 Å². The summed E-state index contributed by atoms with van der Waals surface area (Å²) in [4.78, 5) is 9.80. The van der Waals surface area contributed by atoms with Crippen molar-refractivity contribution in [2.45, 2.75) is 38.1 Å². The third-order valence-corrected chi connectivity index (χ3v) is 4.69. The van der Waals surface area contributed by atoms with E-state index in [1.54, 1.807) is 0 Å². The summed E-state index contributed by atoms with van der Waals surface area (Å²) in [6.07, 6.45) is 7.12. The summed E-state index contributed by atoms with van der Waals surface area (Å²) in [5.74, 6) is 0. The standard InChI is InChI=1S/C17H38N4/c1-18(2)11-14-21(15-12-19(3)4)16-13-20(5)17-9-7-6-8-10-17/h17H,6-16H2,1-5H3. The SMILES string of the molecule is CN(C)CCN(CCN(C)C)CCN(C)C1CCCCC1. The fourth-order valence-electron chi connectivity index (χ4n) is 3.02. The number of nitrogens with zero attached hydrogens (tertiary/aromatic N) is 4. The Balaban J connectivity index is 2.31. The number of rotatable bonds is 10. The lowest BCUT2D eigenvalue weighted by Crippen LogP contribution is -2.43. The van der Waals surface area contributed by atoms with Crippen molar-refractivity contribution in [3.05, 3.63) is 0 Å². The maximum absolute atomic E-state index is 2.62. The summed E-state index contributed by atoms with van der Waals surface area (Å²) in [5.41, 5.74) is 0. The van der Waals surface area contributed by atoms with Crippen LogP contribution in [-0.4, -0.2) is 100 Å². The van der Waals surface area contributed by atoms with E-state index in [4.69, 9.17) is 0 Å². The Hall–Kier alpha value is -0.160. The Morgan fingerprint density at radius 2 is 1.10 bits per heavy atom. The van der Waals surface area contributed by atoms with Crippen LogP contribution in [0.15, 0.2) is 0 Å². The second kappa shape index (κ2) is 10.5. The molecule has 0 amide bonds. The van der Waals surface area contributed by atoms with E-state index in [2.05, 4.69) is 54.8 Å². The van der Waals surface area contributed by atoms with Gasteiger partial charge in [-0.05, 0) is 48.1 Å². The van der Waals surface area contributed by atoms with Crippen LogP contribution in [0.3, 0.4) is 0 Å². The molecule has 1 fully saturated rings. The zero-order valence-corrected chi connectivity index (χ0v) is 15.1. The van der Waals surface area contributed by atoms with Gasteiger partial charge in [-0.25, -0.2) is 0 Å². The van der Waals surface area contributed by atoms with Crippen LogP contribution in [0.5, 0.6) is 0 Å². The van der Waals surface area contributed by atoms with Crippen molar-refractivity contribution >= 4 is 0 Å². The third kappa shape index (κ3) is 8.77. The first kappa shape index (κ1) is 18.9. The van der Waals surface area contributed by atoms with Gasteiger partial charge in [0, 0.05) is 45.3 Å². The van der Waals surface area contributed by atoms with Crippen LogP contribution in [-0.2, 0) is 0 Å². The molecule has 4 heteroatoms. The molecule has 0 unspecified atom stereocenters. The van der Waals surface area contributed by atoms with Gasteiger partial charge in [-0.3, -0.25) is 4.90 Å². The molecule has 1 aliphatic carbocycles. The molecule has 0 aliphatic heterocycles. The highest BCUT2D eigenvalue weighted by Gasteiger charge is 2.18. The topological polar surface area (TPSA) is 13.0 Å². The summed E-state index contributed by atoms with van der Waals surface area (Å²) in [7, 11) is 11.0. The van der Waals surface area contributed by atoms with Gasteiger partial charge < -0.3 is 14.7 Å². The molecule has 0 saturated heterocycles. The quantitative estimate of drug-likeness (QED) is 0.608. The minimum absolute atomic E-state index is 0.836. The molecular formula is C17H38N4. The van der Waals surface area contributed by atoms with E-state index in [-0.39, 0.29) is 0 Å². The predicted octanol–water partition coefficient (Wildman–Crippen LogP) is 1.68. The van der Waals surface area contributed by atoms with E-state index in [9.17, 15) is 0 Å². The Morgan fingerprint density at radius 1 is 0.619 bits per heavy atom. The van der Waals surface area contributed by atoms with Gasteiger partial charge in [0.05, 0.1) is 0 Å². The molecule has 0 spiro atoms. The number of hydrogen-bond donors (Lipinski definition) is 0. The molecule has 126 valence electrons. The van der Waals surface area contributed by atoms with Gasteiger partial charge in [0.1, 0.15) is 0 Å². The van der Waals surface area contributed by atoms with E-state index < -0.39 is 0 Å². The molecule has 0 heterocycles. The van der Waals surface area contributed by atoms with Gasteiger partial charge in [-0.15, -0.1) is 0 Å². The van der Waals surface area contributed by atoms with E-state index in [0.717, 1.165) is 19.1 Å². The van der Waals surface area contributed by atoms with E-state index in [1.165, 1.54) is 58.3 Å². The Bertz CT molecular complexity index is 237. The summed E-state index contributed by atoms with van der Waals surface area (Å²) in [5, 5.41) is 0. The van der Waals surface area contributed by atoms with Crippen LogP contribution in [0.1, 0.15) is 32.1 Å². The van der Waals surface area contributed by atoms with E-state index in [0.29, 0.717) is 0 Å².